The molecule has 0 unspecified atom stereocenters. The maximum absolute atomic E-state index is 12.4. The second-order valence-electron chi connectivity index (χ2n) is 12.4. The molecule has 2 aliphatic rings. The number of amides is 1. The lowest BCUT2D eigenvalue weighted by Crippen LogP contribution is -2.67. The van der Waals surface area contributed by atoms with Crippen LogP contribution in [-0.2, 0) is 16.2 Å². The molecule has 3 heterocycles. The molecule has 0 atom stereocenters. The minimum Gasteiger partial charge on any atom is -0.444 e. The van der Waals surface area contributed by atoms with E-state index in [1.807, 2.05) is 32.4 Å². The van der Waals surface area contributed by atoms with E-state index in [0.717, 1.165) is 37.8 Å². The molecule has 1 spiro atoms. The minimum atomic E-state index is -1.15. The summed E-state index contributed by atoms with van der Waals surface area (Å²) in [6.45, 7) is 23.1. The second kappa shape index (κ2) is 9.10. The minimum absolute atomic E-state index is 0.212. The molecule has 1 saturated heterocycles. The largest absolute Gasteiger partial charge is 0.444 e. The number of fused-ring (bicyclic) bond motifs is 1. The lowest BCUT2D eigenvalue weighted by atomic mass is 9.60. The number of nitrogens with zero attached hydrogens (tertiary/aromatic N) is 6. The Morgan fingerprint density at radius 1 is 1.31 bits per heavy atom. The summed E-state index contributed by atoms with van der Waals surface area (Å²) in [7, 11) is 0.679. The van der Waals surface area contributed by atoms with Gasteiger partial charge in [-0.3, -0.25) is 0 Å². The molecule has 0 radical (unpaired) electrons. The van der Waals surface area contributed by atoms with Crippen LogP contribution in [0.5, 0.6) is 0 Å². The van der Waals surface area contributed by atoms with Crippen molar-refractivity contribution in [1.82, 2.24) is 19.4 Å². The van der Waals surface area contributed by atoms with Gasteiger partial charge in [0, 0.05) is 52.5 Å². The van der Waals surface area contributed by atoms with Gasteiger partial charge in [-0.25, -0.2) is 19.6 Å². The molecule has 2 aromatic heterocycles. The van der Waals surface area contributed by atoms with Crippen LogP contribution in [0.25, 0.3) is 16.0 Å². The highest BCUT2D eigenvalue weighted by Gasteiger charge is 2.54. The Morgan fingerprint density at radius 3 is 2.60 bits per heavy atom. The fourth-order valence-electron chi connectivity index (χ4n) is 4.78. The summed E-state index contributed by atoms with van der Waals surface area (Å²) in [5.41, 5.74) is 1.55. The van der Waals surface area contributed by atoms with Gasteiger partial charge in [-0.2, -0.15) is 0 Å². The highest BCUT2D eigenvalue weighted by Crippen LogP contribution is 2.51. The van der Waals surface area contributed by atoms with Crippen LogP contribution in [0, 0.1) is 12.0 Å². The topological polar surface area (TPSA) is 77.1 Å². The first-order valence-corrected chi connectivity index (χ1v) is 16.0. The fraction of sp³-hybridized carbons (Fsp3) is 0.680. The molecule has 9 nitrogen and oxygen atoms in total. The van der Waals surface area contributed by atoms with Gasteiger partial charge in [-0.1, -0.05) is 19.6 Å². The molecule has 4 rings (SSSR count). The number of rotatable bonds is 7. The summed E-state index contributed by atoms with van der Waals surface area (Å²) in [5.74, 6) is 0.800. The van der Waals surface area contributed by atoms with Gasteiger partial charge in [-0.15, -0.1) is 0 Å². The van der Waals surface area contributed by atoms with E-state index in [1.54, 1.807) is 17.3 Å². The predicted octanol–water partition coefficient (Wildman–Crippen LogP) is 5.13. The van der Waals surface area contributed by atoms with Crippen molar-refractivity contribution in [3.63, 3.8) is 0 Å². The third kappa shape index (κ3) is 5.62. The molecule has 0 aromatic carbocycles. The van der Waals surface area contributed by atoms with Gasteiger partial charge < -0.3 is 23.8 Å². The first kappa shape index (κ1) is 25.4. The van der Waals surface area contributed by atoms with E-state index < -0.39 is 13.7 Å². The molecular weight excluding hydrogens is 460 g/mol. The number of ether oxygens (including phenoxy) is 2. The van der Waals surface area contributed by atoms with Gasteiger partial charge in [0.1, 0.15) is 29.3 Å². The summed E-state index contributed by atoms with van der Waals surface area (Å²) >= 11 is 0. The molecule has 1 amide bonds. The van der Waals surface area contributed by atoms with Gasteiger partial charge in [0.15, 0.2) is 0 Å². The molecule has 2 fully saturated rings. The van der Waals surface area contributed by atoms with Crippen molar-refractivity contribution in [3.05, 3.63) is 23.8 Å². The Labute approximate surface area is 209 Å². The molecule has 0 bridgehead atoms. The molecule has 1 aliphatic heterocycles. The second-order valence-corrected chi connectivity index (χ2v) is 18.0. The lowest BCUT2D eigenvalue weighted by Gasteiger charge is -2.60. The van der Waals surface area contributed by atoms with Crippen molar-refractivity contribution in [1.29, 1.82) is 0 Å². The highest BCUT2D eigenvalue weighted by molar-refractivity contribution is 6.76. The predicted molar refractivity (Wildman–Crippen MR) is 140 cm³/mol. The summed E-state index contributed by atoms with van der Waals surface area (Å²) < 4.78 is 13.3. The van der Waals surface area contributed by atoms with Crippen LogP contribution in [-0.4, -0.2) is 72.0 Å². The lowest BCUT2D eigenvalue weighted by molar-refractivity contribution is -0.0293. The van der Waals surface area contributed by atoms with E-state index >= 15 is 0 Å². The molecule has 10 heteroatoms. The third-order valence-electron chi connectivity index (χ3n) is 6.82. The van der Waals surface area contributed by atoms with Gasteiger partial charge in [0.2, 0.25) is 5.69 Å². The first-order chi connectivity index (χ1) is 16.3. The van der Waals surface area contributed by atoms with Gasteiger partial charge in [0.05, 0.1) is 12.8 Å². The number of anilines is 1. The number of carbonyl (C=O) groups excluding carboxylic acids is 1. The van der Waals surface area contributed by atoms with Crippen molar-refractivity contribution < 1.29 is 14.3 Å². The third-order valence-corrected chi connectivity index (χ3v) is 8.53. The fourth-order valence-corrected chi connectivity index (χ4v) is 5.54. The summed E-state index contributed by atoms with van der Waals surface area (Å²) in [6, 6.07) is 1.31. The molecule has 35 heavy (non-hydrogen) atoms. The van der Waals surface area contributed by atoms with E-state index in [-0.39, 0.29) is 17.6 Å². The van der Waals surface area contributed by atoms with E-state index in [1.165, 1.54) is 0 Å². The summed E-state index contributed by atoms with van der Waals surface area (Å²) in [5, 5.41) is 0. The van der Waals surface area contributed by atoms with Crippen LogP contribution in [0.2, 0.25) is 25.7 Å². The Morgan fingerprint density at radius 2 is 2.00 bits per heavy atom. The Hall–Kier alpha value is -2.64. The van der Waals surface area contributed by atoms with Crippen molar-refractivity contribution in [2.24, 2.45) is 5.41 Å². The monoisotopic (exact) mass is 498 g/mol. The smallest absolute Gasteiger partial charge is 0.410 e. The molecule has 2 aromatic rings. The zero-order valence-electron chi connectivity index (χ0n) is 22.1. The maximum Gasteiger partial charge on any atom is 0.410 e. The first-order valence-electron chi connectivity index (χ1n) is 12.3. The zero-order valence-corrected chi connectivity index (χ0v) is 23.1. The van der Waals surface area contributed by atoms with Crippen LogP contribution >= 0.6 is 0 Å². The number of carbonyl (C=O) groups is 1. The standard InChI is InChI=1S/C25H38N6O3Si/c1-24(2,3)34-23(32)29(5)18-11-25(12-18)15-31(16-25)20-13-27-22-21(28-20)19(26-4)14-30(22)17-33-9-10-35(6,7)8/h13-14,18H,9-12,15-17H2,1-3,5-8H3. The normalized spacial score (nSPS) is 17.7. The van der Waals surface area contributed by atoms with Crippen molar-refractivity contribution in [3.8, 4) is 0 Å². The summed E-state index contributed by atoms with van der Waals surface area (Å²) in [6.07, 6.45) is 5.26. The van der Waals surface area contributed by atoms with Crippen LogP contribution in [0.15, 0.2) is 12.4 Å². The molecule has 1 aliphatic carbocycles. The highest BCUT2D eigenvalue weighted by atomic mass is 28.3. The van der Waals surface area contributed by atoms with E-state index in [4.69, 9.17) is 21.0 Å². The number of aromatic nitrogens is 3. The van der Waals surface area contributed by atoms with Crippen molar-refractivity contribution in [2.45, 2.75) is 77.7 Å². The summed E-state index contributed by atoms with van der Waals surface area (Å²) in [4.78, 5) is 29.4. The van der Waals surface area contributed by atoms with Crippen LogP contribution in [0.1, 0.15) is 33.6 Å². The SMILES string of the molecule is [C-]#[N+]c1cn(COCC[Si](C)(C)C)c2ncc(N3CC4(CC(N(C)C(=O)OC(C)(C)C)C4)C3)nc12. The molecule has 190 valence electrons. The van der Waals surface area contributed by atoms with Crippen molar-refractivity contribution >= 4 is 36.8 Å². The number of hydrogen-bond acceptors (Lipinski definition) is 6. The Bertz CT molecular complexity index is 1130. The maximum atomic E-state index is 12.4. The Balaban J connectivity index is 1.35. The van der Waals surface area contributed by atoms with Crippen molar-refractivity contribution in [2.75, 3.05) is 31.6 Å². The average molecular weight is 499 g/mol. The van der Waals surface area contributed by atoms with Gasteiger partial charge in [0.25, 0.3) is 0 Å². The Kier molecular flexibility index (Phi) is 6.62. The van der Waals surface area contributed by atoms with E-state index in [2.05, 4.69) is 34.4 Å². The average Bonchev–Trinajstić information content (AvgIpc) is 3.04. The van der Waals surface area contributed by atoms with Crippen LogP contribution in [0.3, 0.4) is 0 Å². The van der Waals surface area contributed by atoms with Crippen LogP contribution in [0.4, 0.5) is 16.3 Å². The molecular formula is C25H38N6O3Si. The zero-order chi connectivity index (χ0) is 25.6. The molecule has 0 N–H and O–H groups in total. The quantitative estimate of drug-likeness (QED) is 0.299. The van der Waals surface area contributed by atoms with Gasteiger partial charge in [-0.05, 0) is 39.7 Å². The van der Waals surface area contributed by atoms with E-state index in [0.29, 0.717) is 30.2 Å². The molecule has 1 saturated carbocycles. The number of hydrogen-bond donors (Lipinski definition) is 0. The van der Waals surface area contributed by atoms with Gasteiger partial charge >= 0.3 is 6.09 Å². The van der Waals surface area contributed by atoms with Crippen LogP contribution < -0.4 is 4.90 Å². The van der Waals surface area contributed by atoms with E-state index in [9.17, 15) is 4.79 Å².